The average molecular weight is 233 g/mol. The lowest BCUT2D eigenvalue weighted by Gasteiger charge is -2.38. The van der Waals surface area contributed by atoms with Crippen LogP contribution in [0.4, 0.5) is 0 Å². The number of aliphatic carboxylic acids is 1. The summed E-state index contributed by atoms with van der Waals surface area (Å²) in [6.45, 7) is 3.08. The number of benzene rings is 1. The van der Waals surface area contributed by atoms with E-state index in [-0.39, 0.29) is 18.2 Å². The maximum atomic E-state index is 11.9. The molecule has 1 aliphatic rings. The van der Waals surface area contributed by atoms with Gasteiger partial charge in [0.2, 0.25) is 0 Å². The first-order chi connectivity index (χ1) is 8.06. The summed E-state index contributed by atoms with van der Waals surface area (Å²) >= 11 is 0. The van der Waals surface area contributed by atoms with Crippen LogP contribution in [-0.4, -0.2) is 35.0 Å². The molecule has 0 spiro atoms. The van der Waals surface area contributed by atoms with Crippen LogP contribution in [0, 0.1) is 12.8 Å². The molecule has 0 aromatic heterocycles. The second-order valence-electron chi connectivity index (χ2n) is 4.54. The fourth-order valence-electron chi connectivity index (χ4n) is 1.99. The van der Waals surface area contributed by atoms with Gasteiger partial charge in [-0.15, -0.1) is 0 Å². The molecule has 0 radical (unpaired) electrons. The fourth-order valence-corrected chi connectivity index (χ4v) is 1.99. The molecule has 0 bridgehead atoms. The van der Waals surface area contributed by atoms with E-state index in [1.165, 1.54) is 0 Å². The molecule has 1 amide bonds. The zero-order valence-corrected chi connectivity index (χ0v) is 9.72. The third kappa shape index (κ3) is 2.64. The molecule has 1 aromatic rings. The first kappa shape index (κ1) is 11.6. The van der Waals surface area contributed by atoms with Gasteiger partial charge in [0.15, 0.2) is 0 Å². The van der Waals surface area contributed by atoms with E-state index in [0.717, 1.165) is 5.56 Å². The normalized spacial score (nSPS) is 15.5. The van der Waals surface area contributed by atoms with Gasteiger partial charge in [0.25, 0.3) is 5.91 Å². The van der Waals surface area contributed by atoms with E-state index < -0.39 is 5.97 Å². The predicted molar refractivity (Wildman–Crippen MR) is 62.8 cm³/mol. The first-order valence-corrected chi connectivity index (χ1v) is 5.64. The number of carboxylic acids is 1. The highest BCUT2D eigenvalue weighted by Gasteiger charge is 2.32. The van der Waals surface area contributed by atoms with Crippen molar-refractivity contribution in [1.29, 1.82) is 0 Å². The smallest absolute Gasteiger partial charge is 0.303 e. The summed E-state index contributed by atoms with van der Waals surface area (Å²) in [4.78, 5) is 24.1. The standard InChI is InChI=1S/C13H15NO3/c1-9-2-4-11(5-3-9)13(17)14-7-10(8-14)6-12(15)16/h2-5,10H,6-8H2,1H3,(H,15,16). The van der Waals surface area contributed by atoms with Crippen LogP contribution >= 0.6 is 0 Å². The summed E-state index contributed by atoms with van der Waals surface area (Å²) in [5, 5.41) is 8.62. The number of carbonyl (C=O) groups is 2. The Hall–Kier alpha value is -1.84. The molecule has 90 valence electrons. The van der Waals surface area contributed by atoms with Crippen molar-refractivity contribution in [1.82, 2.24) is 4.90 Å². The molecule has 0 saturated carbocycles. The molecule has 2 rings (SSSR count). The molecule has 0 atom stereocenters. The van der Waals surface area contributed by atoms with Crippen molar-refractivity contribution in [2.75, 3.05) is 13.1 Å². The lowest BCUT2D eigenvalue weighted by atomic mass is 9.95. The van der Waals surface area contributed by atoms with Crippen LogP contribution in [0.2, 0.25) is 0 Å². The van der Waals surface area contributed by atoms with Gasteiger partial charge in [0.1, 0.15) is 0 Å². The summed E-state index contributed by atoms with van der Waals surface area (Å²) in [7, 11) is 0. The largest absolute Gasteiger partial charge is 0.481 e. The summed E-state index contributed by atoms with van der Waals surface area (Å²) in [5.41, 5.74) is 1.79. The monoisotopic (exact) mass is 233 g/mol. The van der Waals surface area contributed by atoms with Crippen LogP contribution in [-0.2, 0) is 4.79 Å². The second-order valence-corrected chi connectivity index (χ2v) is 4.54. The summed E-state index contributed by atoms with van der Waals surface area (Å²) < 4.78 is 0. The van der Waals surface area contributed by atoms with Crippen LogP contribution in [0.1, 0.15) is 22.3 Å². The van der Waals surface area contributed by atoms with Gasteiger partial charge < -0.3 is 10.0 Å². The fraction of sp³-hybridized carbons (Fsp3) is 0.385. The number of carbonyl (C=O) groups excluding carboxylic acids is 1. The van der Waals surface area contributed by atoms with Crippen molar-refractivity contribution in [2.45, 2.75) is 13.3 Å². The Morgan fingerprint density at radius 3 is 2.41 bits per heavy atom. The van der Waals surface area contributed by atoms with Crippen LogP contribution in [0.25, 0.3) is 0 Å². The SMILES string of the molecule is Cc1ccc(C(=O)N2CC(CC(=O)O)C2)cc1. The number of aryl methyl sites for hydroxylation is 1. The Morgan fingerprint density at radius 1 is 1.29 bits per heavy atom. The maximum Gasteiger partial charge on any atom is 0.303 e. The molecule has 4 nitrogen and oxygen atoms in total. The second kappa shape index (κ2) is 4.57. The third-order valence-corrected chi connectivity index (χ3v) is 3.01. The highest BCUT2D eigenvalue weighted by atomic mass is 16.4. The van der Waals surface area contributed by atoms with E-state index in [9.17, 15) is 9.59 Å². The van der Waals surface area contributed by atoms with Crippen molar-refractivity contribution in [3.63, 3.8) is 0 Å². The summed E-state index contributed by atoms with van der Waals surface area (Å²) in [5.74, 6) is -0.689. The molecule has 1 aliphatic heterocycles. The van der Waals surface area contributed by atoms with E-state index in [1.54, 1.807) is 4.90 Å². The number of nitrogens with zero attached hydrogens (tertiary/aromatic N) is 1. The topological polar surface area (TPSA) is 57.6 Å². The van der Waals surface area contributed by atoms with Crippen molar-refractivity contribution < 1.29 is 14.7 Å². The highest BCUT2D eigenvalue weighted by Crippen LogP contribution is 2.21. The Morgan fingerprint density at radius 2 is 1.88 bits per heavy atom. The van der Waals surface area contributed by atoms with Crippen molar-refractivity contribution in [2.24, 2.45) is 5.92 Å². The number of amides is 1. The Balaban J connectivity index is 1.91. The lowest BCUT2D eigenvalue weighted by Crippen LogP contribution is -2.50. The van der Waals surface area contributed by atoms with Crippen molar-refractivity contribution in [3.8, 4) is 0 Å². The lowest BCUT2D eigenvalue weighted by molar-refractivity contribution is -0.139. The zero-order chi connectivity index (χ0) is 12.4. The molecule has 1 fully saturated rings. The van der Waals surface area contributed by atoms with Gasteiger partial charge in [0.05, 0.1) is 6.42 Å². The minimum Gasteiger partial charge on any atom is -0.481 e. The number of likely N-dealkylation sites (tertiary alicyclic amines) is 1. The van der Waals surface area contributed by atoms with Gasteiger partial charge in [-0.2, -0.15) is 0 Å². The van der Waals surface area contributed by atoms with Crippen LogP contribution in [0.5, 0.6) is 0 Å². The minimum atomic E-state index is -0.794. The van der Waals surface area contributed by atoms with Crippen LogP contribution in [0.3, 0.4) is 0 Å². The molecule has 0 aliphatic carbocycles. The van der Waals surface area contributed by atoms with Crippen LogP contribution in [0.15, 0.2) is 24.3 Å². The van der Waals surface area contributed by atoms with E-state index >= 15 is 0 Å². The van der Waals surface area contributed by atoms with Gasteiger partial charge in [0, 0.05) is 24.6 Å². The van der Waals surface area contributed by atoms with E-state index in [4.69, 9.17) is 5.11 Å². The van der Waals surface area contributed by atoms with Gasteiger partial charge >= 0.3 is 5.97 Å². The third-order valence-electron chi connectivity index (χ3n) is 3.01. The molecule has 1 aromatic carbocycles. The van der Waals surface area contributed by atoms with E-state index in [2.05, 4.69) is 0 Å². The zero-order valence-electron chi connectivity index (χ0n) is 9.72. The van der Waals surface area contributed by atoms with Gasteiger partial charge in [-0.3, -0.25) is 9.59 Å². The molecule has 4 heteroatoms. The molecule has 1 N–H and O–H groups in total. The average Bonchev–Trinajstić information content (AvgIpc) is 2.23. The Bertz CT molecular complexity index is 432. The molecular weight excluding hydrogens is 218 g/mol. The highest BCUT2D eigenvalue weighted by molar-refractivity contribution is 5.94. The number of hydrogen-bond donors (Lipinski definition) is 1. The molecule has 1 heterocycles. The molecule has 17 heavy (non-hydrogen) atoms. The molecule has 0 unspecified atom stereocenters. The first-order valence-electron chi connectivity index (χ1n) is 5.64. The summed E-state index contributed by atoms with van der Waals surface area (Å²) in [6, 6.07) is 7.42. The minimum absolute atomic E-state index is 0.00774. The van der Waals surface area contributed by atoms with E-state index in [1.807, 2.05) is 31.2 Å². The number of rotatable bonds is 3. The Labute approximate surface area is 99.9 Å². The Kier molecular flexibility index (Phi) is 3.13. The number of hydrogen-bond acceptors (Lipinski definition) is 2. The quantitative estimate of drug-likeness (QED) is 0.861. The van der Waals surface area contributed by atoms with Crippen molar-refractivity contribution >= 4 is 11.9 Å². The number of carboxylic acid groups (broad SMARTS) is 1. The van der Waals surface area contributed by atoms with E-state index in [0.29, 0.717) is 18.7 Å². The predicted octanol–water partition coefficient (Wildman–Crippen LogP) is 1.54. The maximum absolute atomic E-state index is 11.9. The van der Waals surface area contributed by atoms with Gasteiger partial charge in [-0.25, -0.2) is 0 Å². The van der Waals surface area contributed by atoms with Gasteiger partial charge in [-0.1, -0.05) is 17.7 Å². The van der Waals surface area contributed by atoms with Crippen molar-refractivity contribution in [3.05, 3.63) is 35.4 Å². The van der Waals surface area contributed by atoms with Gasteiger partial charge in [-0.05, 0) is 19.1 Å². The summed E-state index contributed by atoms with van der Waals surface area (Å²) in [6.07, 6.45) is 0.150. The van der Waals surface area contributed by atoms with Crippen LogP contribution < -0.4 is 0 Å². The molecular formula is C13H15NO3. The molecule has 1 saturated heterocycles.